The summed E-state index contributed by atoms with van der Waals surface area (Å²) < 4.78 is 13.6. The van der Waals surface area contributed by atoms with Crippen molar-refractivity contribution in [2.45, 2.75) is 0 Å². The maximum Gasteiger partial charge on any atom is 0.258 e. The van der Waals surface area contributed by atoms with Crippen molar-refractivity contribution in [1.82, 2.24) is 0 Å². The summed E-state index contributed by atoms with van der Waals surface area (Å²) in [5.41, 5.74) is 1.64. The van der Waals surface area contributed by atoms with Crippen LogP contribution in [0.2, 0.25) is 5.02 Å². The smallest absolute Gasteiger partial charge is 0.258 e. The van der Waals surface area contributed by atoms with E-state index >= 15 is 0 Å². The van der Waals surface area contributed by atoms with Gasteiger partial charge in [-0.2, -0.15) is 0 Å². The molecule has 0 spiro atoms. The molecule has 5 heteroatoms. The lowest BCUT2D eigenvalue weighted by atomic mass is 10.1. The molecule has 0 saturated heterocycles. The Labute approximate surface area is 161 Å². The van der Waals surface area contributed by atoms with E-state index in [1.165, 1.54) is 24.3 Å². The van der Waals surface area contributed by atoms with Gasteiger partial charge in [0.1, 0.15) is 5.82 Å². The summed E-state index contributed by atoms with van der Waals surface area (Å²) >= 11 is 6.06. The first kappa shape index (κ1) is 18.5. The molecule has 0 atom stereocenters. The summed E-state index contributed by atoms with van der Waals surface area (Å²) in [7, 11) is 0. The van der Waals surface area contributed by atoms with Gasteiger partial charge in [-0.15, -0.1) is 0 Å². The van der Waals surface area contributed by atoms with Crippen molar-refractivity contribution in [3.8, 4) is 0 Å². The van der Waals surface area contributed by atoms with Crippen molar-refractivity contribution in [1.29, 1.82) is 0 Å². The molecule has 0 aliphatic rings. The number of carbonyl (C=O) groups excluding carboxylic acids is 2. The molecule has 3 aromatic rings. The highest BCUT2D eigenvalue weighted by Gasteiger charge is 2.11. The fourth-order valence-electron chi connectivity index (χ4n) is 2.43. The molecule has 1 amide bonds. The fraction of sp³-hybridized carbons (Fsp3) is 0. The number of benzene rings is 3. The van der Waals surface area contributed by atoms with Gasteiger partial charge in [-0.1, -0.05) is 41.9 Å². The Morgan fingerprint density at radius 1 is 0.889 bits per heavy atom. The Bertz CT molecular complexity index is 1010. The van der Waals surface area contributed by atoms with Crippen molar-refractivity contribution >= 4 is 35.1 Å². The number of ketones is 1. The standard InChI is InChI=1S/C22H15ClFNO2/c23-19-7-3-1-5-15(19)11-14-21(26)16-9-12-17(13-10-16)25-22(27)18-6-2-4-8-20(18)24/h1-14H,(H,25,27)/b14-11+. The zero-order valence-corrected chi connectivity index (χ0v) is 14.9. The number of allylic oxidation sites excluding steroid dienone is 1. The maximum absolute atomic E-state index is 13.6. The molecule has 27 heavy (non-hydrogen) atoms. The Hall–Kier alpha value is -3.24. The first-order chi connectivity index (χ1) is 13.0. The van der Waals surface area contributed by atoms with Crippen LogP contribution in [-0.2, 0) is 0 Å². The van der Waals surface area contributed by atoms with Crippen LogP contribution >= 0.6 is 11.6 Å². The average molecular weight is 380 g/mol. The van der Waals surface area contributed by atoms with Crippen molar-refractivity contribution in [3.05, 3.63) is 106 Å². The van der Waals surface area contributed by atoms with E-state index in [0.717, 1.165) is 5.56 Å². The minimum absolute atomic E-state index is 0.0414. The van der Waals surface area contributed by atoms with Gasteiger partial charge in [0.2, 0.25) is 0 Å². The number of carbonyl (C=O) groups is 2. The number of hydrogen-bond acceptors (Lipinski definition) is 2. The van der Waals surface area contributed by atoms with Crippen LogP contribution < -0.4 is 5.32 Å². The number of nitrogens with one attached hydrogen (secondary N) is 1. The van der Waals surface area contributed by atoms with E-state index < -0.39 is 11.7 Å². The van der Waals surface area contributed by atoms with Crippen LogP contribution in [0.3, 0.4) is 0 Å². The lowest BCUT2D eigenvalue weighted by molar-refractivity contribution is 0.102. The van der Waals surface area contributed by atoms with Crippen LogP contribution in [0, 0.1) is 5.82 Å². The van der Waals surface area contributed by atoms with Gasteiger partial charge in [0.05, 0.1) is 5.56 Å². The van der Waals surface area contributed by atoms with Gasteiger partial charge in [-0.25, -0.2) is 4.39 Å². The van der Waals surface area contributed by atoms with Crippen molar-refractivity contribution < 1.29 is 14.0 Å². The van der Waals surface area contributed by atoms with Gasteiger partial charge in [-0.3, -0.25) is 9.59 Å². The molecule has 0 aliphatic heterocycles. The molecule has 0 aromatic heterocycles. The highest BCUT2D eigenvalue weighted by Crippen LogP contribution is 2.18. The van der Waals surface area contributed by atoms with Crippen molar-refractivity contribution in [3.63, 3.8) is 0 Å². The third kappa shape index (κ3) is 4.68. The molecule has 0 saturated carbocycles. The minimum atomic E-state index is -0.591. The lowest BCUT2D eigenvalue weighted by Crippen LogP contribution is -2.13. The summed E-state index contributed by atoms with van der Waals surface area (Å²) in [6.07, 6.45) is 3.09. The van der Waals surface area contributed by atoms with Crippen LogP contribution in [0.25, 0.3) is 6.08 Å². The van der Waals surface area contributed by atoms with Gasteiger partial charge in [0, 0.05) is 16.3 Å². The molecule has 0 radical (unpaired) electrons. The van der Waals surface area contributed by atoms with E-state index in [4.69, 9.17) is 11.6 Å². The van der Waals surface area contributed by atoms with Crippen LogP contribution in [-0.4, -0.2) is 11.7 Å². The number of anilines is 1. The molecular weight excluding hydrogens is 365 g/mol. The topological polar surface area (TPSA) is 46.2 Å². The van der Waals surface area contributed by atoms with E-state index in [1.54, 1.807) is 42.5 Å². The highest BCUT2D eigenvalue weighted by molar-refractivity contribution is 6.32. The molecule has 134 valence electrons. The summed E-state index contributed by atoms with van der Waals surface area (Å²) in [5, 5.41) is 3.17. The molecule has 0 heterocycles. The van der Waals surface area contributed by atoms with E-state index in [9.17, 15) is 14.0 Å². The fourth-order valence-corrected chi connectivity index (χ4v) is 2.63. The Morgan fingerprint density at radius 3 is 2.26 bits per heavy atom. The second-order valence-electron chi connectivity index (χ2n) is 5.73. The summed E-state index contributed by atoms with van der Waals surface area (Å²) in [6.45, 7) is 0. The molecule has 3 nitrogen and oxygen atoms in total. The van der Waals surface area contributed by atoms with Gasteiger partial charge in [0.25, 0.3) is 5.91 Å². The normalized spacial score (nSPS) is 10.7. The first-order valence-electron chi connectivity index (χ1n) is 8.17. The van der Waals surface area contributed by atoms with Crippen LogP contribution in [0.1, 0.15) is 26.3 Å². The van der Waals surface area contributed by atoms with Crippen molar-refractivity contribution in [2.75, 3.05) is 5.32 Å². The number of rotatable bonds is 5. The van der Waals surface area contributed by atoms with E-state index in [1.807, 2.05) is 18.2 Å². The summed E-state index contributed by atoms with van der Waals surface area (Å²) in [4.78, 5) is 24.4. The predicted octanol–water partition coefficient (Wildman–Crippen LogP) is 5.63. The average Bonchev–Trinajstić information content (AvgIpc) is 2.68. The third-order valence-corrected chi connectivity index (χ3v) is 4.21. The van der Waals surface area contributed by atoms with Crippen LogP contribution in [0.5, 0.6) is 0 Å². The second-order valence-corrected chi connectivity index (χ2v) is 6.14. The Kier molecular flexibility index (Phi) is 5.79. The zero-order valence-electron chi connectivity index (χ0n) is 14.2. The number of hydrogen-bond donors (Lipinski definition) is 1. The SMILES string of the molecule is O=C(/C=C/c1ccccc1Cl)c1ccc(NC(=O)c2ccccc2F)cc1. The molecule has 0 aliphatic carbocycles. The molecule has 0 bridgehead atoms. The molecular formula is C22H15ClFNO2. The van der Waals surface area contributed by atoms with E-state index in [0.29, 0.717) is 16.3 Å². The predicted molar refractivity (Wildman–Crippen MR) is 106 cm³/mol. The maximum atomic E-state index is 13.6. The minimum Gasteiger partial charge on any atom is -0.322 e. The zero-order chi connectivity index (χ0) is 19.2. The van der Waals surface area contributed by atoms with E-state index in [2.05, 4.69) is 5.32 Å². The Morgan fingerprint density at radius 2 is 1.56 bits per heavy atom. The van der Waals surface area contributed by atoms with Crippen LogP contribution in [0.15, 0.2) is 78.9 Å². The first-order valence-corrected chi connectivity index (χ1v) is 8.55. The summed E-state index contributed by atoms with van der Waals surface area (Å²) in [5.74, 6) is -1.33. The highest BCUT2D eigenvalue weighted by atomic mass is 35.5. The quantitative estimate of drug-likeness (QED) is 0.461. The van der Waals surface area contributed by atoms with Crippen molar-refractivity contribution in [2.24, 2.45) is 0 Å². The molecule has 3 aromatic carbocycles. The summed E-state index contributed by atoms with van der Waals surface area (Å²) in [6, 6.07) is 19.3. The molecule has 1 N–H and O–H groups in total. The molecule has 3 rings (SSSR count). The van der Waals surface area contributed by atoms with Crippen LogP contribution in [0.4, 0.5) is 10.1 Å². The third-order valence-electron chi connectivity index (χ3n) is 3.87. The number of amides is 1. The second kappa shape index (κ2) is 8.43. The molecule has 0 unspecified atom stereocenters. The van der Waals surface area contributed by atoms with Gasteiger partial charge >= 0.3 is 0 Å². The van der Waals surface area contributed by atoms with Gasteiger partial charge in [0.15, 0.2) is 5.78 Å². The lowest BCUT2D eigenvalue weighted by Gasteiger charge is -2.06. The monoisotopic (exact) mass is 379 g/mol. The van der Waals surface area contributed by atoms with Gasteiger partial charge in [-0.05, 0) is 60.2 Å². The van der Waals surface area contributed by atoms with Gasteiger partial charge < -0.3 is 5.32 Å². The number of halogens is 2. The Balaban J connectivity index is 1.68. The largest absolute Gasteiger partial charge is 0.322 e. The van der Waals surface area contributed by atoms with E-state index in [-0.39, 0.29) is 11.3 Å². The molecule has 0 fully saturated rings.